The number of nitrogens with zero attached hydrogens (tertiary/aromatic N) is 1. The summed E-state index contributed by atoms with van der Waals surface area (Å²) in [6.07, 6.45) is 0. The molecule has 0 unspecified atom stereocenters. The van der Waals surface area contributed by atoms with Crippen LogP contribution in [0, 0.1) is 34.9 Å². The van der Waals surface area contributed by atoms with Crippen LogP contribution in [0.4, 0.5) is 26.3 Å². The first kappa shape index (κ1) is 35.7. The smallest absolute Gasteiger partial charge is 0.194 e. The van der Waals surface area contributed by atoms with Crippen molar-refractivity contribution in [3.63, 3.8) is 0 Å². The number of halogens is 7. The molecule has 8 heteroatoms. The van der Waals surface area contributed by atoms with Crippen molar-refractivity contribution in [2.75, 3.05) is 0 Å². The van der Waals surface area contributed by atoms with Crippen LogP contribution in [0.15, 0.2) is 84.9 Å². The van der Waals surface area contributed by atoms with Gasteiger partial charge in [-0.1, -0.05) is 48.5 Å². The zero-order valence-electron chi connectivity index (χ0n) is 28.6. The molecule has 0 atom stereocenters. The Labute approximate surface area is 298 Å². The third-order valence-electron chi connectivity index (χ3n) is 10.6. The van der Waals surface area contributed by atoms with E-state index in [9.17, 15) is 26.3 Å². The summed E-state index contributed by atoms with van der Waals surface area (Å²) in [5.41, 5.74) is 3.87. The van der Waals surface area contributed by atoms with Gasteiger partial charge in [0.1, 0.15) is 13.1 Å². The number of hydrogen-bond donors (Lipinski definition) is 0. The van der Waals surface area contributed by atoms with Crippen LogP contribution < -0.4 is 17.0 Å². The molecule has 7 rings (SSSR count). The van der Waals surface area contributed by atoms with Gasteiger partial charge in [0.15, 0.2) is 34.9 Å². The molecule has 0 saturated carbocycles. The van der Waals surface area contributed by atoms with Gasteiger partial charge in [-0.2, -0.15) is 0 Å². The van der Waals surface area contributed by atoms with Crippen LogP contribution in [0.5, 0.6) is 0 Å². The maximum Gasteiger partial charge on any atom is 0.194 e. The first-order chi connectivity index (χ1) is 23.0. The lowest BCUT2D eigenvalue weighted by molar-refractivity contribution is -1.03. The van der Waals surface area contributed by atoms with Crippen LogP contribution in [0.25, 0.3) is 54.9 Å². The van der Waals surface area contributed by atoms with Gasteiger partial charge in [0, 0.05) is 22.3 Å². The van der Waals surface area contributed by atoms with E-state index >= 15 is 0 Å². The molecule has 0 radical (unpaired) electrons. The molecule has 0 fully saturated rings. The standard InChI is InChI=1S/C42H36F6N.BrH/c1-41(2,3)49(42(4,5)6)21-31-29(25-17-33(43)39(47)34(44)18-25)15-23-11-7-9-13-27(23)37(31)38-28-14-10-8-12-24(28)16-30(32(38)22-49)26-19-35(45)40(48)36(46)20-26;/h7-20H,21-22H2,1-6H3;1H/q+1;/p-1. The third-order valence-corrected chi connectivity index (χ3v) is 10.6. The Hall–Kier alpha value is -4.14. The molecular formula is C42H36BrF6N. The average molecular weight is 749 g/mol. The maximum atomic E-state index is 15.0. The van der Waals surface area contributed by atoms with Crippen molar-refractivity contribution in [3.05, 3.63) is 131 Å². The maximum absolute atomic E-state index is 15.0. The minimum absolute atomic E-state index is 0. The molecule has 1 aliphatic heterocycles. The van der Waals surface area contributed by atoms with E-state index in [1.54, 1.807) is 0 Å². The molecule has 0 aromatic heterocycles. The van der Waals surface area contributed by atoms with E-state index in [2.05, 4.69) is 41.5 Å². The summed E-state index contributed by atoms with van der Waals surface area (Å²) in [4.78, 5) is 0. The van der Waals surface area contributed by atoms with E-state index in [0.717, 1.165) is 68.1 Å². The van der Waals surface area contributed by atoms with Gasteiger partial charge >= 0.3 is 0 Å². The Balaban J connectivity index is 0.00000432. The molecule has 1 nitrogen and oxygen atoms in total. The summed E-state index contributed by atoms with van der Waals surface area (Å²) >= 11 is 0. The number of fused-ring (bicyclic) bond motifs is 7. The average Bonchev–Trinajstić information content (AvgIpc) is 3.21. The normalized spacial score (nSPS) is 14.2. The Bertz CT molecular complexity index is 2120. The van der Waals surface area contributed by atoms with Crippen LogP contribution in [-0.4, -0.2) is 15.6 Å². The van der Waals surface area contributed by atoms with Crippen LogP contribution in [0.2, 0.25) is 0 Å². The van der Waals surface area contributed by atoms with Crippen molar-refractivity contribution in [1.82, 2.24) is 0 Å². The highest BCUT2D eigenvalue weighted by atomic mass is 79.9. The largest absolute Gasteiger partial charge is 1.00 e. The van der Waals surface area contributed by atoms with E-state index in [1.165, 1.54) is 0 Å². The summed E-state index contributed by atoms with van der Waals surface area (Å²) in [6.45, 7) is 13.6. The minimum atomic E-state index is -1.54. The third kappa shape index (κ3) is 5.43. The van der Waals surface area contributed by atoms with Gasteiger partial charge in [0.2, 0.25) is 0 Å². The van der Waals surface area contributed by atoms with Crippen LogP contribution in [0.3, 0.4) is 0 Å². The van der Waals surface area contributed by atoms with E-state index in [1.807, 2.05) is 60.7 Å². The number of hydrogen-bond acceptors (Lipinski definition) is 0. The second-order valence-electron chi connectivity index (χ2n) is 15.1. The zero-order chi connectivity index (χ0) is 35.2. The highest BCUT2D eigenvalue weighted by molar-refractivity contribution is 6.12. The van der Waals surface area contributed by atoms with Crippen molar-refractivity contribution in [1.29, 1.82) is 0 Å². The fourth-order valence-electron chi connectivity index (χ4n) is 8.17. The molecule has 0 aliphatic carbocycles. The highest BCUT2D eigenvalue weighted by Gasteiger charge is 2.52. The molecular weight excluding hydrogens is 712 g/mol. The monoisotopic (exact) mass is 747 g/mol. The summed E-state index contributed by atoms with van der Waals surface area (Å²) < 4.78 is 88.9. The number of quaternary nitrogens is 1. The predicted molar refractivity (Wildman–Crippen MR) is 185 cm³/mol. The van der Waals surface area contributed by atoms with Gasteiger partial charge in [-0.25, -0.2) is 26.3 Å². The lowest BCUT2D eigenvalue weighted by Gasteiger charge is -2.57. The zero-order valence-corrected chi connectivity index (χ0v) is 30.2. The van der Waals surface area contributed by atoms with Crippen molar-refractivity contribution in [3.8, 4) is 33.4 Å². The fraction of sp³-hybridized carbons (Fsp3) is 0.238. The Morgan fingerprint density at radius 2 is 0.800 bits per heavy atom. The SMILES string of the molecule is CC(C)(C)[N+]1(C(C)(C)C)Cc2c(-c3cc(F)c(F)c(F)c3)cc3ccccc3c2-c2c(c(-c3cc(F)c(F)c(F)c3)cc3ccccc23)C1.[Br-]. The Kier molecular flexibility index (Phi) is 8.76. The summed E-state index contributed by atoms with van der Waals surface area (Å²) in [7, 11) is 0. The van der Waals surface area contributed by atoms with E-state index in [-0.39, 0.29) is 28.1 Å². The van der Waals surface area contributed by atoms with Gasteiger partial charge < -0.3 is 21.5 Å². The molecule has 6 aromatic rings. The van der Waals surface area contributed by atoms with Gasteiger partial charge in [-0.3, -0.25) is 0 Å². The van der Waals surface area contributed by atoms with Gasteiger partial charge in [-0.15, -0.1) is 0 Å². The van der Waals surface area contributed by atoms with Crippen molar-refractivity contribution in [2.45, 2.75) is 65.7 Å². The fourth-order valence-corrected chi connectivity index (χ4v) is 8.17. The molecule has 50 heavy (non-hydrogen) atoms. The minimum Gasteiger partial charge on any atom is -1.00 e. The Morgan fingerprint density at radius 1 is 0.480 bits per heavy atom. The molecule has 1 aliphatic rings. The molecule has 0 spiro atoms. The van der Waals surface area contributed by atoms with Gasteiger partial charge in [0.05, 0.1) is 11.1 Å². The highest BCUT2D eigenvalue weighted by Crippen LogP contribution is 2.53. The first-order valence-corrected chi connectivity index (χ1v) is 16.3. The lowest BCUT2D eigenvalue weighted by atomic mass is 9.82. The molecule has 6 aromatic carbocycles. The van der Waals surface area contributed by atoms with Crippen LogP contribution in [0.1, 0.15) is 52.7 Å². The molecule has 0 bridgehead atoms. The van der Waals surface area contributed by atoms with Crippen molar-refractivity contribution in [2.24, 2.45) is 0 Å². The molecule has 258 valence electrons. The second-order valence-corrected chi connectivity index (χ2v) is 15.1. The quantitative estimate of drug-likeness (QED) is 0.0942. The number of benzene rings is 6. The van der Waals surface area contributed by atoms with Crippen LogP contribution in [-0.2, 0) is 13.1 Å². The summed E-state index contributed by atoms with van der Waals surface area (Å²) in [6, 6.07) is 23.4. The molecule has 1 heterocycles. The summed E-state index contributed by atoms with van der Waals surface area (Å²) in [5.74, 6) is -8.22. The first-order valence-electron chi connectivity index (χ1n) is 16.3. The second kappa shape index (κ2) is 12.3. The molecule has 0 saturated heterocycles. The van der Waals surface area contributed by atoms with Crippen LogP contribution >= 0.6 is 0 Å². The summed E-state index contributed by atoms with van der Waals surface area (Å²) in [5, 5.41) is 3.36. The van der Waals surface area contributed by atoms with Gasteiger partial charge in [0.25, 0.3) is 0 Å². The van der Waals surface area contributed by atoms with E-state index in [0.29, 0.717) is 28.7 Å². The van der Waals surface area contributed by atoms with Crippen molar-refractivity contribution < 1.29 is 47.8 Å². The van der Waals surface area contributed by atoms with E-state index < -0.39 is 46.0 Å². The number of rotatable bonds is 2. The predicted octanol–water partition coefficient (Wildman–Crippen LogP) is 9.26. The van der Waals surface area contributed by atoms with E-state index in [4.69, 9.17) is 0 Å². The lowest BCUT2D eigenvalue weighted by Crippen LogP contribution is -3.00. The van der Waals surface area contributed by atoms with Gasteiger partial charge in [-0.05, 0) is 122 Å². The topological polar surface area (TPSA) is 0 Å². The van der Waals surface area contributed by atoms with Crippen molar-refractivity contribution >= 4 is 21.5 Å². The molecule has 0 amide bonds. The Morgan fingerprint density at radius 3 is 1.12 bits per heavy atom. The molecule has 0 N–H and O–H groups in total.